The Bertz CT molecular complexity index is 584. The first-order chi connectivity index (χ1) is 11.8. The maximum atomic E-state index is 12.9. The first kappa shape index (κ1) is 18.3. The van der Waals surface area contributed by atoms with Crippen molar-refractivity contribution in [3.8, 4) is 0 Å². The van der Waals surface area contributed by atoms with Crippen molar-refractivity contribution in [3.63, 3.8) is 0 Å². The predicted octanol–water partition coefficient (Wildman–Crippen LogP) is 0.721. The highest BCUT2D eigenvalue weighted by atomic mass is 16.6. The molecule has 25 heavy (non-hydrogen) atoms. The molecule has 7 nitrogen and oxygen atoms in total. The lowest BCUT2D eigenvalue weighted by molar-refractivity contribution is -0.196. The standard InChI is InChI=1S/C18H28N2O5/c1-16(2)17(3)5-6-18(16,15(23)25-14(17)22)13(21)19-7-4-8-20-9-11-24-12-10-20/h4-12H2,1-3H3,(H,19,21). The third-order valence-electron chi connectivity index (χ3n) is 6.86. The minimum absolute atomic E-state index is 0.305. The molecular weight excluding hydrogens is 324 g/mol. The third-order valence-corrected chi connectivity index (χ3v) is 6.86. The Morgan fingerprint density at radius 3 is 2.48 bits per heavy atom. The number of fused-ring (bicyclic) bond motifs is 2. The molecule has 2 aliphatic heterocycles. The lowest BCUT2D eigenvalue weighted by atomic mass is 9.57. The minimum atomic E-state index is -1.27. The summed E-state index contributed by atoms with van der Waals surface area (Å²) in [5, 5.41) is 2.92. The van der Waals surface area contributed by atoms with E-state index >= 15 is 0 Å². The second kappa shape index (κ2) is 6.36. The zero-order chi connectivity index (χ0) is 18.3. The van der Waals surface area contributed by atoms with E-state index in [0.717, 1.165) is 39.3 Å². The van der Waals surface area contributed by atoms with E-state index < -0.39 is 28.2 Å². The van der Waals surface area contributed by atoms with Gasteiger partial charge in [-0.3, -0.25) is 19.3 Å². The van der Waals surface area contributed by atoms with Crippen LogP contribution in [0, 0.1) is 16.2 Å². The lowest BCUT2D eigenvalue weighted by Gasteiger charge is -2.48. The highest BCUT2D eigenvalue weighted by Gasteiger charge is 2.75. The van der Waals surface area contributed by atoms with E-state index in [1.54, 1.807) is 6.92 Å². The quantitative estimate of drug-likeness (QED) is 0.446. The third kappa shape index (κ3) is 2.59. The molecule has 2 unspecified atom stereocenters. The first-order valence-electron chi connectivity index (χ1n) is 9.11. The molecule has 2 heterocycles. The number of rotatable bonds is 5. The number of carbonyl (C=O) groups excluding carboxylic acids is 3. The first-order valence-corrected chi connectivity index (χ1v) is 9.11. The van der Waals surface area contributed by atoms with Crippen LogP contribution in [0.25, 0.3) is 0 Å². The number of amides is 1. The van der Waals surface area contributed by atoms with Crippen LogP contribution < -0.4 is 5.32 Å². The summed E-state index contributed by atoms with van der Waals surface area (Å²) in [6.45, 7) is 10.2. The van der Waals surface area contributed by atoms with Crippen molar-refractivity contribution >= 4 is 17.8 Å². The van der Waals surface area contributed by atoms with Crippen molar-refractivity contribution in [3.05, 3.63) is 0 Å². The van der Waals surface area contributed by atoms with Gasteiger partial charge in [0.2, 0.25) is 5.91 Å². The molecule has 140 valence electrons. The van der Waals surface area contributed by atoms with Gasteiger partial charge in [-0.25, -0.2) is 0 Å². The van der Waals surface area contributed by atoms with Crippen LogP contribution in [0.1, 0.15) is 40.0 Å². The normalized spacial score (nSPS) is 34.7. The summed E-state index contributed by atoms with van der Waals surface area (Å²) in [5.74, 6) is -1.50. The Kier molecular flexibility index (Phi) is 4.66. The Hall–Kier alpha value is -1.47. The van der Waals surface area contributed by atoms with Crippen molar-refractivity contribution in [1.29, 1.82) is 0 Å². The summed E-state index contributed by atoms with van der Waals surface area (Å²) >= 11 is 0. The fraction of sp³-hybridized carbons (Fsp3) is 0.833. The van der Waals surface area contributed by atoms with Crippen LogP contribution in [0.4, 0.5) is 0 Å². The van der Waals surface area contributed by atoms with Gasteiger partial charge in [-0.1, -0.05) is 13.8 Å². The molecule has 1 N–H and O–H groups in total. The Morgan fingerprint density at radius 2 is 1.80 bits per heavy atom. The Labute approximate surface area is 148 Å². The van der Waals surface area contributed by atoms with E-state index in [9.17, 15) is 14.4 Å². The van der Waals surface area contributed by atoms with Crippen LogP contribution in [-0.2, 0) is 23.9 Å². The molecule has 0 radical (unpaired) electrons. The van der Waals surface area contributed by atoms with Crippen molar-refractivity contribution in [2.24, 2.45) is 16.2 Å². The maximum absolute atomic E-state index is 12.9. The van der Waals surface area contributed by atoms with E-state index in [1.807, 2.05) is 13.8 Å². The number of morpholine rings is 1. The zero-order valence-corrected chi connectivity index (χ0v) is 15.4. The number of esters is 2. The van der Waals surface area contributed by atoms with Gasteiger partial charge in [-0.2, -0.15) is 0 Å². The van der Waals surface area contributed by atoms with E-state index in [-0.39, 0.29) is 5.91 Å². The van der Waals surface area contributed by atoms with Crippen molar-refractivity contribution in [2.75, 3.05) is 39.4 Å². The van der Waals surface area contributed by atoms with E-state index in [4.69, 9.17) is 9.47 Å². The lowest BCUT2D eigenvalue weighted by Crippen LogP contribution is -2.62. The number of cyclic esters (lactones) is 2. The molecule has 3 aliphatic rings. The molecule has 1 saturated carbocycles. The highest BCUT2D eigenvalue weighted by molar-refractivity contribution is 6.11. The number of nitrogens with zero attached hydrogens (tertiary/aromatic N) is 1. The van der Waals surface area contributed by atoms with Crippen LogP contribution in [0.15, 0.2) is 0 Å². The summed E-state index contributed by atoms with van der Waals surface area (Å²) in [6, 6.07) is 0. The largest absolute Gasteiger partial charge is 0.392 e. The molecular formula is C18H28N2O5. The van der Waals surface area contributed by atoms with Gasteiger partial charge in [0.25, 0.3) is 0 Å². The second-order valence-corrected chi connectivity index (χ2v) is 8.10. The zero-order valence-electron chi connectivity index (χ0n) is 15.4. The molecule has 2 saturated heterocycles. The van der Waals surface area contributed by atoms with Crippen LogP contribution in [0.5, 0.6) is 0 Å². The van der Waals surface area contributed by atoms with Gasteiger partial charge in [0.15, 0.2) is 5.41 Å². The van der Waals surface area contributed by atoms with Crippen molar-refractivity contribution in [2.45, 2.75) is 40.0 Å². The van der Waals surface area contributed by atoms with Gasteiger partial charge in [0.05, 0.1) is 18.6 Å². The number of hydrogen-bond acceptors (Lipinski definition) is 6. The van der Waals surface area contributed by atoms with Crippen molar-refractivity contribution in [1.82, 2.24) is 10.2 Å². The average molecular weight is 352 g/mol. The second-order valence-electron chi connectivity index (χ2n) is 8.10. The summed E-state index contributed by atoms with van der Waals surface area (Å²) < 4.78 is 10.3. The van der Waals surface area contributed by atoms with Crippen LogP contribution >= 0.6 is 0 Å². The molecule has 0 aromatic heterocycles. The molecule has 1 aliphatic carbocycles. The predicted molar refractivity (Wildman–Crippen MR) is 89.5 cm³/mol. The van der Waals surface area contributed by atoms with Crippen LogP contribution in [0.2, 0.25) is 0 Å². The summed E-state index contributed by atoms with van der Waals surface area (Å²) in [6.07, 6.45) is 1.66. The summed E-state index contributed by atoms with van der Waals surface area (Å²) in [5.41, 5.74) is -2.83. The van der Waals surface area contributed by atoms with Gasteiger partial charge < -0.3 is 14.8 Å². The number of nitrogens with one attached hydrogen (secondary N) is 1. The fourth-order valence-electron chi connectivity index (χ4n) is 4.50. The van der Waals surface area contributed by atoms with E-state index in [1.165, 1.54) is 0 Å². The van der Waals surface area contributed by atoms with Crippen molar-refractivity contribution < 1.29 is 23.9 Å². The molecule has 7 heteroatoms. The maximum Gasteiger partial charge on any atom is 0.329 e. The molecule has 1 amide bonds. The molecule has 0 aromatic carbocycles. The Morgan fingerprint density at radius 1 is 1.12 bits per heavy atom. The SMILES string of the molecule is CC12CCC(C(=O)NCCCN3CCOCC3)(C(=O)OC1=O)C2(C)C. The smallest absolute Gasteiger partial charge is 0.329 e. The van der Waals surface area contributed by atoms with Crippen LogP contribution in [0.3, 0.4) is 0 Å². The van der Waals surface area contributed by atoms with E-state index in [0.29, 0.717) is 19.4 Å². The van der Waals surface area contributed by atoms with E-state index in [2.05, 4.69) is 10.2 Å². The van der Waals surface area contributed by atoms with Gasteiger partial charge >= 0.3 is 11.9 Å². The molecule has 0 spiro atoms. The molecule has 3 rings (SSSR count). The Balaban J connectivity index is 1.62. The summed E-state index contributed by atoms with van der Waals surface area (Å²) in [7, 11) is 0. The average Bonchev–Trinajstić information content (AvgIpc) is 2.73. The monoisotopic (exact) mass is 352 g/mol. The van der Waals surface area contributed by atoms with Gasteiger partial charge in [0.1, 0.15) is 0 Å². The fourth-order valence-corrected chi connectivity index (χ4v) is 4.50. The molecule has 0 aromatic rings. The van der Waals surface area contributed by atoms with Crippen LogP contribution in [-0.4, -0.2) is 62.1 Å². The molecule has 2 bridgehead atoms. The number of carbonyl (C=O) groups is 3. The number of hydrogen-bond donors (Lipinski definition) is 1. The molecule has 2 atom stereocenters. The topological polar surface area (TPSA) is 84.9 Å². The highest BCUT2D eigenvalue weighted by Crippen LogP contribution is 2.66. The molecule has 3 fully saturated rings. The van der Waals surface area contributed by atoms with Gasteiger partial charge in [-0.15, -0.1) is 0 Å². The minimum Gasteiger partial charge on any atom is -0.392 e. The van der Waals surface area contributed by atoms with Gasteiger partial charge in [-0.05, 0) is 32.7 Å². The van der Waals surface area contributed by atoms with Gasteiger partial charge in [0, 0.05) is 25.0 Å². The summed E-state index contributed by atoms with van der Waals surface area (Å²) in [4.78, 5) is 40.0. The number of ether oxygens (including phenoxy) is 2.